The smallest absolute Gasteiger partial charge is 0.0831 e. The molecule has 1 aromatic carbocycles. The molecule has 0 radical (unpaired) electrons. The molecule has 0 saturated carbocycles. The summed E-state index contributed by atoms with van der Waals surface area (Å²) in [5.74, 6) is 0. The Labute approximate surface area is 122 Å². The van der Waals surface area contributed by atoms with Gasteiger partial charge in [0, 0.05) is 26.2 Å². The summed E-state index contributed by atoms with van der Waals surface area (Å²) >= 11 is 0. The van der Waals surface area contributed by atoms with Gasteiger partial charge < -0.3 is 10.5 Å². The van der Waals surface area contributed by atoms with Crippen molar-refractivity contribution in [2.45, 2.75) is 51.4 Å². The SMILES string of the molecule is CC1(C)CN(Cc2ccc3c(c2)CCC3)CC(CN)O1. The van der Waals surface area contributed by atoms with Gasteiger partial charge in [0.2, 0.25) is 0 Å². The van der Waals surface area contributed by atoms with Crippen molar-refractivity contribution in [3.05, 3.63) is 34.9 Å². The maximum Gasteiger partial charge on any atom is 0.0831 e. The van der Waals surface area contributed by atoms with Gasteiger partial charge in [0.05, 0.1) is 11.7 Å². The van der Waals surface area contributed by atoms with Crippen molar-refractivity contribution >= 4 is 0 Å². The van der Waals surface area contributed by atoms with E-state index in [0.717, 1.165) is 19.6 Å². The molecule has 3 rings (SSSR count). The third-order valence-corrected chi connectivity index (χ3v) is 4.38. The summed E-state index contributed by atoms with van der Waals surface area (Å²) in [6.07, 6.45) is 3.99. The van der Waals surface area contributed by atoms with Crippen LogP contribution < -0.4 is 5.73 Å². The lowest BCUT2D eigenvalue weighted by molar-refractivity contribution is -0.133. The van der Waals surface area contributed by atoms with E-state index in [9.17, 15) is 0 Å². The molecular formula is C17H26N2O. The van der Waals surface area contributed by atoms with E-state index < -0.39 is 0 Å². The van der Waals surface area contributed by atoms with E-state index in [4.69, 9.17) is 10.5 Å². The van der Waals surface area contributed by atoms with Gasteiger partial charge in [-0.25, -0.2) is 0 Å². The van der Waals surface area contributed by atoms with Crippen LogP contribution in [0, 0.1) is 0 Å². The fraction of sp³-hybridized carbons (Fsp3) is 0.647. The monoisotopic (exact) mass is 274 g/mol. The van der Waals surface area contributed by atoms with Crippen molar-refractivity contribution in [2.75, 3.05) is 19.6 Å². The Morgan fingerprint density at radius 1 is 1.30 bits per heavy atom. The molecule has 3 nitrogen and oxygen atoms in total. The summed E-state index contributed by atoms with van der Waals surface area (Å²) in [5.41, 5.74) is 10.2. The number of nitrogens with zero attached hydrogens (tertiary/aromatic N) is 1. The van der Waals surface area contributed by atoms with Crippen LogP contribution in [0.3, 0.4) is 0 Å². The lowest BCUT2D eigenvalue weighted by atomic mass is 10.0. The minimum absolute atomic E-state index is 0.0982. The molecule has 20 heavy (non-hydrogen) atoms. The van der Waals surface area contributed by atoms with Crippen LogP contribution in [0.15, 0.2) is 18.2 Å². The fourth-order valence-electron chi connectivity index (χ4n) is 3.64. The number of ether oxygens (including phenoxy) is 1. The van der Waals surface area contributed by atoms with Gasteiger partial charge >= 0.3 is 0 Å². The van der Waals surface area contributed by atoms with Crippen molar-refractivity contribution in [2.24, 2.45) is 5.73 Å². The third kappa shape index (κ3) is 3.05. The van der Waals surface area contributed by atoms with E-state index in [0.29, 0.717) is 6.54 Å². The fourth-order valence-corrected chi connectivity index (χ4v) is 3.64. The summed E-state index contributed by atoms with van der Waals surface area (Å²) in [6.45, 7) is 7.84. The van der Waals surface area contributed by atoms with Gasteiger partial charge in [-0.15, -0.1) is 0 Å². The maximum absolute atomic E-state index is 6.00. The predicted molar refractivity (Wildman–Crippen MR) is 81.8 cm³/mol. The van der Waals surface area contributed by atoms with Crippen LogP contribution in [0.5, 0.6) is 0 Å². The van der Waals surface area contributed by atoms with E-state index in [1.165, 1.54) is 24.8 Å². The molecule has 0 aromatic heterocycles. The van der Waals surface area contributed by atoms with Crippen molar-refractivity contribution < 1.29 is 4.74 Å². The van der Waals surface area contributed by atoms with Crippen LogP contribution in [-0.2, 0) is 24.1 Å². The van der Waals surface area contributed by atoms with E-state index in [1.54, 1.807) is 11.1 Å². The second kappa shape index (κ2) is 5.47. The zero-order valence-electron chi connectivity index (χ0n) is 12.7. The molecule has 1 aromatic rings. The van der Waals surface area contributed by atoms with Crippen molar-refractivity contribution in [1.82, 2.24) is 4.90 Å². The van der Waals surface area contributed by atoms with Crippen molar-refractivity contribution in [3.63, 3.8) is 0 Å². The van der Waals surface area contributed by atoms with Gasteiger partial charge in [0.15, 0.2) is 0 Å². The molecule has 1 atom stereocenters. The Hall–Kier alpha value is -0.900. The first-order chi connectivity index (χ1) is 9.55. The number of benzene rings is 1. The number of fused-ring (bicyclic) bond motifs is 1. The Morgan fingerprint density at radius 2 is 2.10 bits per heavy atom. The normalized spacial score (nSPS) is 25.6. The van der Waals surface area contributed by atoms with E-state index in [2.05, 4.69) is 36.9 Å². The van der Waals surface area contributed by atoms with Crippen LogP contribution in [0.1, 0.15) is 37.0 Å². The van der Waals surface area contributed by atoms with Gasteiger partial charge in [0.25, 0.3) is 0 Å². The number of nitrogens with two attached hydrogens (primary N) is 1. The highest BCUT2D eigenvalue weighted by molar-refractivity contribution is 5.35. The van der Waals surface area contributed by atoms with E-state index in [-0.39, 0.29) is 11.7 Å². The molecule has 0 amide bonds. The Morgan fingerprint density at radius 3 is 2.90 bits per heavy atom. The molecule has 1 aliphatic carbocycles. The molecule has 3 heteroatoms. The minimum atomic E-state index is -0.0982. The van der Waals surface area contributed by atoms with E-state index >= 15 is 0 Å². The highest BCUT2D eigenvalue weighted by Crippen LogP contribution is 2.25. The third-order valence-electron chi connectivity index (χ3n) is 4.38. The molecule has 1 heterocycles. The van der Waals surface area contributed by atoms with Crippen LogP contribution >= 0.6 is 0 Å². The number of aryl methyl sites for hydroxylation is 2. The van der Waals surface area contributed by atoms with Crippen LogP contribution in [-0.4, -0.2) is 36.2 Å². The summed E-state index contributed by atoms with van der Waals surface area (Å²) in [4.78, 5) is 2.48. The second-order valence-electron chi connectivity index (χ2n) is 6.86. The first-order valence-corrected chi connectivity index (χ1v) is 7.77. The predicted octanol–water partition coefficient (Wildman–Crippen LogP) is 2.11. The quantitative estimate of drug-likeness (QED) is 0.917. The summed E-state index contributed by atoms with van der Waals surface area (Å²) in [6, 6.07) is 7.02. The molecule has 2 N–H and O–H groups in total. The molecule has 110 valence electrons. The molecule has 0 bridgehead atoms. The number of morpholine rings is 1. The highest BCUT2D eigenvalue weighted by Gasteiger charge is 2.32. The average Bonchev–Trinajstić information content (AvgIpc) is 2.84. The minimum Gasteiger partial charge on any atom is -0.368 e. The molecule has 1 saturated heterocycles. The van der Waals surface area contributed by atoms with Gasteiger partial charge in [-0.3, -0.25) is 4.90 Å². The Balaban J connectivity index is 1.70. The first-order valence-electron chi connectivity index (χ1n) is 7.77. The molecule has 1 unspecified atom stereocenters. The van der Waals surface area contributed by atoms with Crippen LogP contribution in [0.4, 0.5) is 0 Å². The molecular weight excluding hydrogens is 248 g/mol. The van der Waals surface area contributed by atoms with Gasteiger partial charge in [-0.1, -0.05) is 18.2 Å². The Kier molecular flexibility index (Phi) is 3.85. The number of rotatable bonds is 3. The zero-order valence-corrected chi connectivity index (χ0v) is 12.7. The topological polar surface area (TPSA) is 38.5 Å². The summed E-state index contributed by atoms with van der Waals surface area (Å²) < 4.78 is 6.00. The van der Waals surface area contributed by atoms with Crippen LogP contribution in [0.25, 0.3) is 0 Å². The standard InChI is InChI=1S/C17H26N2O/c1-17(2)12-19(11-16(9-18)20-17)10-13-6-7-14-4-3-5-15(14)8-13/h6-8,16H,3-5,9-12,18H2,1-2H3. The highest BCUT2D eigenvalue weighted by atomic mass is 16.5. The van der Waals surface area contributed by atoms with Gasteiger partial charge in [0.1, 0.15) is 0 Å². The number of hydrogen-bond donors (Lipinski definition) is 1. The molecule has 0 spiro atoms. The van der Waals surface area contributed by atoms with E-state index in [1.807, 2.05) is 0 Å². The average molecular weight is 274 g/mol. The second-order valence-corrected chi connectivity index (χ2v) is 6.86. The molecule has 1 aliphatic heterocycles. The summed E-state index contributed by atoms with van der Waals surface area (Å²) in [5, 5.41) is 0. The zero-order chi connectivity index (χ0) is 14.2. The lowest BCUT2D eigenvalue weighted by Crippen LogP contribution is -2.54. The maximum atomic E-state index is 6.00. The lowest BCUT2D eigenvalue weighted by Gasteiger charge is -2.42. The molecule has 2 aliphatic rings. The largest absolute Gasteiger partial charge is 0.368 e. The van der Waals surface area contributed by atoms with Gasteiger partial charge in [-0.2, -0.15) is 0 Å². The van der Waals surface area contributed by atoms with Crippen LogP contribution in [0.2, 0.25) is 0 Å². The number of hydrogen-bond acceptors (Lipinski definition) is 3. The van der Waals surface area contributed by atoms with Crippen molar-refractivity contribution in [1.29, 1.82) is 0 Å². The van der Waals surface area contributed by atoms with Crippen molar-refractivity contribution in [3.8, 4) is 0 Å². The Bertz CT molecular complexity index is 484. The molecule has 1 fully saturated rings. The first kappa shape index (κ1) is 14.1. The van der Waals surface area contributed by atoms with Gasteiger partial charge in [-0.05, 0) is 49.8 Å². The summed E-state index contributed by atoms with van der Waals surface area (Å²) in [7, 11) is 0.